The fourth-order valence-corrected chi connectivity index (χ4v) is 3.39. The minimum Gasteiger partial charge on any atom is -0.349 e. The molecule has 0 bridgehead atoms. The van der Waals surface area contributed by atoms with Crippen LogP contribution in [0.4, 0.5) is 13.2 Å². The van der Waals surface area contributed by atoms with Gasteiger partial charge >= 0.3 is 0 Å². The van der Waals surface area contributed by atoms with Gasteiger partial charge in [-0.05, 0) is 43.2 Å². The van der Waals surface area contributed by atoms with Crippen LogP contribution in [0.15, 0.2) is 40.9 Å². The number of likely N-dealkylation sites (tertiary alicyclic amines) is 1. The molecule has 8 heteroatoms. The minimum atomic E-state index is -1.66. The third kappa shape index (κ3) is 4.32. The lowest BCUT2D eigenvalue weighted by molar-refractivity contribution is 0.0692. The third-order valence-electron chi connectivity index (χ3n) is 4.47. The van der Waals surface area contributed by atoms with Crippen molar-refractivity contribution in [3.8, 4) is 0 Å². The summed E-state index contributed by atoms with van der Waals surface area (Å²) in [6.45, 7) is 0.557. The molecule has 0 unspecified atom stereocenters. The molecule has 142 valence electrons. The van der Waals surface area contributed by atoms with Gasteiger partial charge in [0.1, 0.15) is 0 Å². The monoisotopic (exact) mass is 440 g/mol. The highest BCUT2D eigenvalue weighted by molar-refractivity contribution is 9.10. The van der Waals surface area contributed by atoms with Crippen LogP contribution in [0.1, 0.15) is 33.6 Å². The molecule has 3 rings (SSSR count). The molecule has 1 aliphatic heterocycles. The van der Waals surface area contributed by atoms with E-state index in [1.807, 2.05) is 6.07 Å². The number of carbonyl (C=O) groups excluding carboxylic acids is 2. The molecule has 1 N–H and O–H groups in total. The zero-order valence-corrected chi connectivity index (χ0v) is 15.7. The molecule has 0 spiro atoms. The van der Waals surface area contributed by atoms with Crippen LogP contribution in [0.5, 0.6) is 0 Å². The molecule has 27 heavy (non-hydrogen) atoms. The number of nitrogens with zero attached hydrogens (tertiary/aromatic N) is 1. The van der Waals surface area contributed by atoms with Crippen LogP contribution < -0.4 is 5.32 Å². The van der Waals surface area contributed by atoms with Crippen LogP contribution in [0.3, 0.4) is 0 Å². The number of benzene rings is 2. The number of piperidine rings is 1. The fourth-order valence-electron chi connectivity index (χ4n) is 2.99. The molecule has 0 saturated carbocycles. The first-order chi connectivity index (χ1) is 12.9. The second-order valence-corrected chi connectivity index (χ2v) is 7.19. The average Bonchev–Trinajstić information content (AvgIpc) is 2.66. The highest BCUT2D eigenvalue weighted by Crippen LogP contribution is 2.20. The summed E-state index contributed by atoms with van der Waals surface area (Å²) in [4.78, 5) is 26.0. The minimum absolute atomic E-state index is 0.129. The van der Waals surface area contributed by atoms with Gasteiger partial charge in [-0.1, -0.05) is 22.0 Å². The maximum Gasteiger partial charge on any atom is 0.256 e. The molecule has 0 aromatic heterocycles. The zero-order valence-electron chi connectivity index (χ0n) is 14.1. The van der Waals surface area contributed by atoms with E-state index >= 15 is 0 Å². The summed E-state index contributed by atoms with van der Waals surface area (Å²) < 4.78 is 41.0. The summed E-state index contributed by atoms with van der Waals surface area (Å²) in [5.41, 5.74) is 0.0252. The first-order valence-corrected chi connectivity index (χ1v) is 9.15. The molecule has 1 heterocycles. The molecular formula is C19H16BrF3N2O2. The van der Waals surface area contributed by atoms with Crippen molar-refractivity contribution in [2.24, 2.45) is 0 Å². The predicted octanol–water partition coefficient (Wildman–Crippen LogP) is 3.90. The number of hydrogen-bond acceptors (Lipinski definition) is 2. The lowest BCUT2D eigenvalue weighted by Gasteiger charge is -2.32. The van der Waals surface area contributed by atoms with Gasteiger partial charge in [-0.15, -0.1) is 0 Å². The summed E-state index contributed by atoms with van der Waals surface area (Å²) >= 11 is 3.31. The number of halogens is 4. The summed E-state index contributed by atoms with van der Waals surface area (Å²) in [5.74, 6) is -5.38. The molecule has 0 radical (unpaired) electrons. The molecule has 4 nitrogen and oxygen atoms in total. The Labute approximate surface area is 162 Å². The normalized spacial score (nSPS) is 14.9. The molecule has 2 amide bonds. The molecule has 2 aromatic rings. The van der Waals surface area contributed by atoms with Gasteiger partial charge in [0.15, 0.2) is 17.5 Å². The van der Waals surface area contributed by atoms with Gasteiger partial charge in [-0.2, -0.15) is 0 Å². The Hall–Kier alpha value is -2.35. The van der Waals surface area contributed by atoms with Crippen molar-refractivity contribution < 1.29 is 22.8 Å². The van der Waals surface area contributed by atoms with Crippen molar-refractivity contribution in [3.05, 3.63) is 69.4 Å². The molecule has 1 saturated heterocycles. The molecule has 2 aromatic carbocycles. The van der Waals surface area contributed by atoms with E-state index in [4.69, 9.17) is 0 Å². The zero-order chi connectivity index (χ0) is 19.6. The molecule has 1 aliphatic rings. The third-order valence-corrected chi connectivity index (χ3v) is 4.96. The second-order valence-electron chi connectivity index (χ2n) is 6.27. The Morgan fingerprint density at radius 2 is 1.74 bits per heavy atom. The number of hydrogen-bond donors (Lipinski definition) is 1. The fraction of sp³-hybridized carbons (Fsp3) is 0.263. The highest BCUT2D eigenvalue weighted by Gasteiger charge is 2.28. The molecule has 0 aliphatic carbocycles. The van der Waals surface area contributed by atoms with Crippen molar-refractivity contribution in [3.63, 3.8) is 0 Å². The van der Waals surface area contributed by atoms with Gasteiger partial charge in [0.25, 0.3) is 11.8 Å². The highest BCUT2D eigenvalue weighted by atomic mass is 79.9. The van der Waals surface area contributed by atoms with Gasteiger partial charge in [0.05, 0.1) is 5.56 Å². The van der Waals surface area contributed by atoms with Crippen molar-refractivity contribution in [2.45, 2.75) is 18.9 Å². The first kappa shape index (κ1) is 19.4. The van der Waals surface area contributed by atoms with E-state index in [0.29, 0.717) is 18.4 Å². The number of carbonyl (C=O) groups is 2. The maximum atomic E-state index is 13.8. The predicted molar refractivity (Wildman–Crippen MR) is 96.8 cm³/mol. The van der Waals surface area contributed by atoms with Crippen molar-refractivity contribution in [1.29, 1.82) is 0 Å². The topological polar surface area (TPSA) is 49.4 Å². The van der Waals surface area contributed by atoms with Crippen LogP contribution >= 0.6 is 15.9 Å². The molecule has 1 fully saturated rings. The van der Waals surface area contributed by atoms with E-state index in [9.17, 15) is 22.8 Å². The smallest absolute Gasteiger partial charge is 0.256 e. The van der Waals surface area contributed by atoms with Gasteiger partial charge in [0.2, 0.25) is 0 Å². The van der Waals surface area contributed by atoms with Crippen LogP contribution in [-0.4, -0.2) is 35.8 Å². The van der Waals surface area contributed by atoms with E-state index in [1.165, 1.54) is 4.90 Å². The van der Waals surface area contributed by atoms with E-state index in [2.05, 4.69) is 21.2 Å². The lowest BCUT2D eigenvalue weighted by Crippen LogP contribution is -2.46. The average molecular weight is 441 g/mol. The van der Waals surface area contributed by atoms with Gasteiger partial charge < -0.3 is 10.2 Å². The van der Waals surface area contributed by atoms with E-state index < -0.39 is 28.9 Å². The van der Waals surface area contributed by atoms with E-state index in [-0.39, 0.29) is 25.0 Å². The summed E-state index contributed by atoms with van der Waals surface area (Å²) in [7, 11) is 0. The Kier molecular flexibility index (Phi) is 5.84. The lowest BCUT2D eigenvalue weighted by atomic mass is 10.0. The summed E-state index contributed by atoms with van der Waals surface area (Å²) in [5, 5.41) is 2.91. The van der Waals surface area contributed by atoms with Crippen molar-refractivity contribution in [1.82, 2.24) is 10.2 Å². The maximum absolute atomic E-state index is 13.8. The summed E-state index contributed by atoms with van der Waals surface area (Å²) in [6.07, 6.45) is 0.966. The van der Waals surface area contributed by atoms with E-state index in [1.54, 1.807) is 18.2 Å². The van der Waals surface area contributed by atoms with Crippen LogP contribution in [0, 0.1) is 17.5 Å². The Morgan fingerprint density at radius 3 is 2.41 bits per heavy atom. The first-order valence-electron chi connectivity index (χ1n) is 8.36. The number of nitrogens with one attached hydrogen (secondary N) is 1. The quantitative estimate of drug-likeness (QED) is 0.735. The largest absolute Gasteiger partial charge is 0.349 e. The molecular weight excluding hydrogens is 425 g/mol. The van der Waals surface area contributed by atoms with Crippen LogP contribution in [0.25, 0.3) is 0 Å². The van der Waals surface area contributed by atoms with Crippen LogP contribution in [-0.2, 0) is 0 Å². The van der Waals surface area contributed by atoms with Crippen molar-refractivity contribution in [2.75, 3.05) is 13.1 Å². The number of amides is 2. The van der Waals surface area contributed by atoms with Gasteiger partial charge in [-0.25, -0.2) is 13.2 Å². The van der Waals surface area contributed by atoms with Crippen LogP contribution in [0.2, 0.25) is 0 Å². The Balaban J connectivity index is 1.59. The summed E-state index contributed by atoms with van der Waals surface area (Å²) in [6, 6.07) is 8.53. The Bertz CT molecular complexity index is 883. The second kappa shape index (κ2) is 8.12. The van der Waals surface area contributed by atoms with Crippen molar-refractivity contribution >= 4 is 27.7 Å². The van der Waals surface area contributed by atoms with Gasteiger partial charge in [-0.3, -0.25) is 9.59 Å². The van der Waals surface area contributed by atoms with E-state index in [0.717, 1.165) is 16.6 Å². The van der Waals surface area contributed by atoms with Gasteiger partial charge in [0, 0.05) is 29.2 Å². The number of rotatable bonds is 3. The molecule has 0 atom stereocenters. The Morgan fingerprint density at radius 1 is 1.04 bits per heavy atom. The standard InChI is InChI=1S/C19H16BrF3N2O2/c20-12-3-1-2-11(10-12)18(26)24-13-6-8-25(9-7-13)19(27)14-4-5-15(21)17(23)16(14)22/h1-5,10,13H,6-9H2,(H,24,26). The SMILES string of the molecule is O=C(NC1CCN(C(=O)c2ccc(F)c(F)c2F)CC1)c1cccc(Br)c1.